The van der Waals surface area contributed by atoms with Gasteiger partial charge in [-0.05, 0) is 12.1 Å². The molecule has 0 spiro atoms. The number of ether oxygens (including phenoxy) is 1. The Morgan fingerprint density at radius 3 is 3.00 bits per heavy atom. The third-order valence-corrected chi connectivity index (χ3v) is 2.42. The highest BCUT2D eigenvalue weighted by atomic mass is 79.9. The first kappa shape index (κ1) is 8.44. The van der Waals surface area contributed by atoms with Crippen molar-refractivity contribution in [2.24, 2.45) is 0 Å². The van der Waals surface area contributed by atoms with Crippen LogP contribution in [-0.4, -0.2) is 17.1 Å². The maximum absolute atomic E-state index is 4.92. The van der Waals surface area contributed by atoms with Crippen LogP contribution in [-0.2, 0) is 0 Å². The van der Waals surface area contributed by atoms with Gasteiger partial charge in [0, 0.05) is 16.1 Å². The van der Waals surface area contributed by atoms with Crippen molar-refractivity contribution in [3.8, 4) is 6.01 Å². The van der Waals surface area contributed by atoms with Gasteiger partial charge in [-0.15, -0.1) is 0 Å². The van der Waals surface area contributed by atoms with Crippen LogP contribution in [0.2, 0.25) is 0 Å². The van der Waals surface area contributed by atoms with Gasteiger partial charge in [-0.1, -0.05) is 22.0 Å². The van der Waals surface area contributed by atoms with Gasteiger partial charge in [-0.2, -0.15) is 4.98 Å². The molecule has 0 aliphatic heterocycles. The van der Waals surface area contributed by atoms with Gasteiger partial charge >= 0.3 is 6.01 Å². The Morgan fingerprint density at radius 1 is 1.38 bits per heavy atom. The van der Waals surface area contributed by atoms with E-state index in [1.807, 2.05) is 18.2 Å². The van der Waals surface area contributed by atoms with Gasteiger partial charge in [0.25, 0.3) is 0 Å². The van der Waals surface area contributed by atoms with E-state index >= 15 is 0 Å². The molecule has 0 aliphatic rings. The molecule has 0 fully saturated rings. The van der Waals surface area contributed by atoms with E-state index in [1.165, 1.54) is 0 Å². The van der Waals surface area contributed by atoms with Gasteiger partial charge in [0.2, 0.25) is 0 Å². The van der Waals surface area contributed by atoms with E-state index < -0.39 is 0 Å². The highest BCUT2D eigenvalue weighted by Gasteiger charge is 2.01. The van der Waals surface area contributed by atoms with Crippen molar-refractivity contribution in [2.75, 3.05) is 7.11 Å². The standard InChI is InChI=1S/C9H7BrN2O/c1-13-9-11-5-6-7(10)3-2-4-8(6)12-9/h2-5H,1H3. The number of hydrogen-bond donors (Lipinski definition) is 0. The summed E-state index contributed by atoms with van der Waals surface area (Å²) in [6.07, 6.45) is 1.74. The molecule has 0 unspecified atom stereocenters. The lowest BCUT2D eigenvalue weighted by Gasteiger charge is -2.00. The van der Waals surface area contributed by atoms with Gasteiger partial charge in [-0.25, -0.2) is 4.98 Å². The van der Waals surface area contributed by atoms with Crippen LogP contribution >= 0.6 is 15.9 Å². The van der Waals surface area contributed by atoms with Crippen molar-refractivity contribution >= 4 is 26.8 Å². The molecule has 0 atom stereocenters. The summed E-state index contributed by atoms with van der Waals surface area (Å²) in [7, 11) is 1.55. The van der Waals surface area contributed by atoms with Crippen molar-refractivity contribution in [2.45, 2.75) is 0 Å². The minimum absolute atomic E-state index is 0.394. The summed E-state index contributed by atoms with van der Waals surface area (Å²) in [5, 5.41) is 0.989. The zero-order valence-electron chi connectivity index (χ0n) is 6.99. The first-order chi connectivity index (χ1) is 6.31. The van der Waals surface area contributed by atoms with E-state index in [-0.39, 0.29) is 0 Å². The predicted octanol–water partition coefficient (Wildman–Crippen LogP) is 2.40. The Morgan fingerprint density at radius 2 is 2.23 bits per heavy atom. The molecule has 2 rings (SSSR count). The molecule has 0 N–H and O–H groups in total. The molecule has 0 radical (unpaired) electrons. The normalized spacial score (nSPS) is 10.3. The average Bonchev–Trinajstić information content (AvgIpc) is 2.18. The fourth-order valence-corrected chi connectivity index (χ4v) is 1.56. The summed E-state index contributed by atoms with van der Waals surface area (Å²) in [4.78, 5) is 8.21. The summed E-state index contributed by atoms with van der Waals surface area (Å²) in [5.74, 6) is 0. The van der Waals surface area contributed by atoms with E-state index in [4.69, 9.17) is 4.74 Å². The van der Waals surface area contributed by atoms with Gasteiger partial charge in [0.05, 0.1) is 12.6 Å². The van der Waals surface area contributed by atoms with Gasteiger partial charge in [0.1, 0.15) is 0 Å². The smallest absolute Gasteiger partial charge is 0.316 e. The molecular weight excluding hydrogens is 232 g/mol. The minimum Gasteiger partial charge on any atom is -0.467 e. The number of halogens is 1. The van der Waals surface area contributed by atoms with Crippen LogP contribution in [0.5, 0.6) is 6.01 Å². The number of benzene rings is 1. The fourth-order valence-electron chi connectivity index (χ4n) is 1.10. The molecule has 1 aromatic heterocycles. The largest absolute Gasteiger partial charge is 0.467 e. The molecule has 0 bridgehead atoms. The van der Waals surface area contributed by atoms with Crippen LogP contribution in [0.1, 0.15) is 0 Å². The Bertz CT molecular complexity index is 445. The number of methoxy groups -OCH3 is 1. The number of nitrogens with zero attached hydrogens (tertiary/aromatic N) is 2. The predicted molar refractivity (Wildman–Crippen MR) is 53.8 cm³/mol. The maximum atomic E-state index is 4.92. The molecule has 13 heavy (non-hydrogen) atoms. The van der Waals surface area contributed by atoms with E-state index in [1.54, 1.807) is 13.3 Å². The second-order valence-electron chi connectivity index (χ2n) is 2.53. The lowest BCUT2D eigenvalue weighted by Crippen LogP contribution is -1.91. The van der Waals surface area contributed by atoms with E-state index in [9.17, 15) is 0 Å². The molecule has 1 heterocycles. The summed E-state index contributed by atoms with van der Waals surface area (Å²) in [6.45, 7) is 0. The lowest BCUT2D eigenvalue weighted by atomic mass is 10.2. The zero-order valence-corrected chi connectivity index (χ0v) is 8.58. The summed E-state index contributed by atoms with van der Waals surface area (Å²) in [6, 6.07) is 6.20. The summed E-state index contributed by atoms with van der Waals surface area (Å²) >= 11 is 3.42. The highest BCUT2D eigenvalue weighted by Crippen LogP contribution is 2.22. The van der Waals surface area contributed by atoms with Crippen molar-refractivity contribution in [3.63, 3.8) is 0 Å². The monoisotopic (exact) mass is 238 g/mol. The molecule has 2 aromatic rings. The number of rotatable bonds is 1. The SMILES string of the molecule is COc1ncc2c(Br)cccc2n1. The van der Waals surface area contributed by atoms with Crippen LogP contribution < -0.4 is 4.74 Å². The fraction of sp³-hybridized carbons (Fsp3) is 0.111. The zero-order chi connectivity index (χ0) is 9.26. The molecule has 0 saturated carbocycles. The van der Waals surface area contributed by atoms with Crippen LogP contribution in [0.25, 0.3) is 10.9 Å². The maximum Gasteiger partial charge on any atom is 0.316 e. The van der Waals surface area contributed by atoms with Gasteiger partial charge < -0.3 is 4.74 Å². The summed E-state index contributed by atoms with van der Waals surface area (Å²) in [5.41, 5.74) is 0.876. The Hall–Kier alpha value is -1.16. The molecule has 0 amide bonds. The molecule has 0 saturated heterocycles. The van der Waals surface area contributed by atoms with Gasteiger partial charge in [0.15, 0.2) is 0 Å². The summed E-state index contributed by atoms with van der Waals surface area (Å²) < 4.78 is 5.92. The van der Waals surface area contributed by atoms with E-state index in [0.29, 0.717) is 6.01 Å². The van der Waals surface area contributed by atoms with E-state index in [2.05, 4.69) is 25.9 Å². The van der Waals surface area contributed by atoms with Crippen molar-refractivity contribution in [1.29, 1.82) is 0 Å². The molecule has 1 aromatic carbocycles. The molecule has 3 nitrogen and oxygen atoms in total. The molecular formula is C9H7BrN2O. The number of aromatic nitrogens is 2. The van der Waals surface area contributed by atoms with E-state index in [0.717, 1.165) is 15.4 Å². The Labute approximate surface area is 83.9 Å². The second-order valence-corrected chi connectivity index (χ2v) is 3.38. The third-order valence-electron chi connectivity index (χ3n) is 1.73. The Kier molecular flexibility index (Phi) is 2.14. The van der Waals surface area contributed by atoms with Crippen molar-refractivity contribution in [1.82, 2.24) is 9.97 Å². The average molecular weight is 239 g/mol. The Balaban J connectivity index is 2.72. The quantitative estimate of drug-likeness (QED) is 0.766. The lowest BCUT2D eigenvalue weighted by molar-refractivity contribution is 0.382. The third kappa shape index (κ3) is 1.49. The highest BCUT2D eigenvalue weighted by molar-refractivity contribution is 9.10. The number of hydrogen-bond acceptors (Lipinski definition) is 3. The van der Waals surface area contributed by atoms with Crippen LogP contribution in [0.3, 0.4) is 0 Å². The number of fused-ring (bicyclic) bond motifs is 1. The molecule has 0 aliphatic carbocycles. The van der Waals surface area contributed by atoms with Crippen LogP contribution in [0.15, 0.2) is 28.9 Å². The van der Waals surface area contributed by atoms with Crippen molar-refractivity contribution in [3.05, 3.63) is 28.9 Å². The molecule has 4 heteroatoms. The second kappa shape index (κ2) is 3.30. The van der Waals surface area contributed by atoms with Crippen LogP contribution in [0.4, 0.5) is 0 Å². The minimum atomic E-state index is 0.394. The van der Waals surface area contributed by atoms with Crippen molar-refractivity contribution < 1.29 is 4.74 Å². The topological polar surface area (TPSA) is 35.0 Å². The van der Waals surface area contributed by atoms with Crippen LogP contribution in [0, 0.1) is 0 Å². The first-order valence-corrected chi connectivity index (χ1v) is 4.56. The van der Waals surface area contributed by atoms with Gasteiger partial charge in [-0.3, -0.25) is 0 Å². The first-order valence-electron chi connectivity index (χ1n) is 3.76. The molecule has 66 valence electrons.